The van der Waals surface area contributed by atoms with Crippen LogP contribution in [-0.2, 0) is 6.42 Å². The molecule has 0 aliphatic heterocycles. The van der Waals surface area contributed by atoms with Crippen LogP contribution < -0.4 is 4.74 Å². The Morgan fingerprint density at radius 2 is 1.96 bits per heavy atom. The first-order chi connectivity index (χ1) is 12.6. The number of ether oxygens (including phenoxy) is 1. The van der Waals surface area contributed by atoms with Crippen molar-refractivity contribution < 1.29 is 9.13 Å². The molecule has 4 rings (SSSR count). The first-order valence-electron chi connectivity index (χ1n) is 8.37. The van der Waals surface area contributed by atoms with Crippen LogP contribution in [-0.4, -0.2) is 22.1 Å². The number of nitrogens with zero attached hydrogens (tertiary/aromatic N) is 2. The molecule has 130 valence electrons. The number of methoxy groups -OCH3 is 1. The van der Waals surface area contributed by atoms with Crippen molar-refractivity contribution in [3.05, 3.63) is 77.5 Å². The summed E-state index contributed by atoms with van der Waals surface area (Å²) in [6.07, 6.45) is 2.32. The summed E-state index contributed by atoms with van der Waals surface area (Å²) in [4.78, 5) is 12.2. The van der Waals surface area contributed by atoms with Gasteiger partial charge in [-0.25, -0.2) is 14.4 Å². The average Bonchev–Trinajstić information content (AvgIpc) is 3.03. The van der Waals surface area contributed by atoms with Crippen molar-refractivity contribution in [1.82, 2.24) is 15.0 Å². The molecule has 0 unspecified atom stereocenters. The molecule has 0 amide bonds. The molecule has 0 saturated carbocycles. The van der Waals surface area contributed by atoms with Crippen molar-refractivity contribution in [3.8, 4) is 16.9 Å². The second-order valence-electron chi connectivity index (χ2n) is 6.24. The SMILES string of the molecule is COc1ccc(Cc2nc3ncc(-c4ccccc4F)cc3[nH]2)cc1C. The molecule has 26 heavy (non-hydrogen) atoms. The van der Waals surface area contributed by atoms with Gasteiger partial charge in [0.1, 0.15) is 17.4 Å². The van der Waals surface area contributed by atoms with E-state index in [-0.39, 0.29) is 5.82 Å². The van der Waals surface area contributed by atoms with E-state index in [2.05, 4.69) is 21.0 Å². The molecule has 0 radical (unpaired) electrons. The fourth-order valence-corrected chi connectivity index (χ4v) is 3.12. The number of nitrogens with one attached hydrogen (secondary N) is 1. The first kappa shape index (κ1) is 16.3. The van der Waals surface area contributed by atoms with Crippen LogP contribution in [0, 0.1) is 12.7 Å². The van der Waals surface area contributed by atoms with Gasteiger partial charge in [0, 0.05) is 23.7 Å². The molecule has 4 aromatic rings. The molecule has 2 aromatic heterocycles. The molecular formula is C21H18FN3O. The average molecular weight is 347 g/mol. The van der Waals surface area contributed by atoms with Crippen molar-refractivity contribution in [3.63, 3.8) is 0 Å². The highest BCUT2D eigenvalue weighted by atomic mass is 19.1. The van der Waals surface area contributed by atoms with Crippen LogP contribution in [0.3, 0.4) is 0 Å². The number of benzene rings is 2. The van der Waals surface area contributed by atoms with Gasteiger partial charge in [-0.15, -0.1) is 0 Å². The van der Waals surface area contributed by atoms with Gasteiger partial charge in [-0.05, 0) is 36.2 Å². The van der Waals surface area contributed by atoms with Crippen LogP contribution >= 0.6 is 0 Å². The molecule has 0 aliphatic carbocycles. The highest BCUT2D eigenvalue weighted by Crippen LogP contribution is 2.25. The lowest BCUT2D eigenvalue weighted by molar-refractivity contribution is 0.411. The smallest absolute Gasteiger partial charge is 0.177 e. The molecule has 5 heteroatoms. The van der Waals surface area contributed by atoms with E-state index in [0.29, 0.717) is 17.6 Å². The Morgan fingerprint density at radius 1 is 1.12 bits per heavy atom. The topological polar surface area (TPSA) is 50.8 Å². The van der Waals surface area contributed by atoms with Crippen LogP contribution in [0.4, 0.5) is 4.39 Å². The lowest BCUT2D eigenvalue weighted by Gasteiger charge is -2.06. The van der Waals surface area contributed by atoms with Gasteiger partial charge in [0.15, 0.2) is 5.65 Å². The Balaban J connectivity index is 1.66. The second-order valence-corrected chi connectivity index (χ2v) is 6.24. The predicted molar refractivity (Wildman–Crippen MR) is 99.8 cm³/mol. The number of imidazole rings is 1. The van der Waals surface area contributed by atoms with Gasteiger partial charge < -0.3 is 9.72 Å². The third-order valence-corrected chi connectivity index (χ3v) is 4.40. The Kier molecular flexibility index (Phi) is 4.13. The Morgan fingerprint density at radius 3 is 2.73 bits per heavy atom. The number of aromatic nitrogens is 3. The van der Waals surface area contributed by atoms with Gasteiger partial charge in [-0.3, -0.25) is 0 Å². The maximum absolute atomic E-state index is 14.0. The van der Waals surface area contributed by atoms with E-state index in [0.717, 1.165) is 33.8 Å². The van der Waals surface area contributed by atoms with Crippen molar-refractivity contribution in [2.24, 2.45) is 0 Å². The molecule has 1 N–H and O–H groups in total. The lowest BCUT2D eigenvalue weighted by atomic mass is 10.1. The van der Waals surface area contributed by atoms with E-state index in [1.807, 2.05) is 31.2 Å². The van der Waals surface area contributed by atoms with Crippen molar-refractivity contribution in [1.29, 1.82) is 0 Å². The molecular weight excluding hydrogens is 329 g/mol. The zero-order valence-electron chi connectivity index (χ0n) is 14.6. The molecule has 2 heterocycles. The zero-order chi connectivity index (χ0) is 18.1. The molecule has 0 spiro atoms. The van der Waals surface area contributed by atoms with E-state index in [9.17, 15) is 4.39 Å². The van der Waals surface area contributed by atoms with Gasteiger partial charge in [0.25, 0.3) is 0 Å². The normalized spacial score (nSPS) is 11.0. The van der Waals surface area contributed by atoms with Gasteiger partial charge in [0.2, 0.25) is 0 Å². The Hall–Kier alpha value is -3.21. The number of hydrogen-bond donors (Lipinski definition) is 1. The Bertz CT molecular complexity index is 1090. The highest BCUT2D eigenvalue weighted by Gasteiger charge is 2.10. The number of hydrogen-bond acceptors (Lipinski definition) is 3. The summed E-state index contributed by atoms with van der Waals surface area (Å²) in [6.45, 7) is 2.02. The molecule has 0 saturated heterocycles. The maximum Gasteiger partial charge on any atom is 0.177 e. The fourth-order valence-electron chi connectivity index (χ4n) is 3.12. The van der Waals surface area contributed by atoms with Crippen LogP contribution in [0.25, 0.3) is 22.3 Å². The number of H-pyrrole nitrogens is 1. The number of fused-ring (bicyclic) bond motifs is 1. The minimum atomic E-state index is -0.262. The predicted octanol–water partition coefficient (Wildman–Crippen LogP) is 4.67. The molecule has 0 atom stereocenters. The minimum Gasteiger partial charge on any atom is -0.496 e. The quantitative estimate of drug-likeness (QED) is 0.583. The molecule has 0 bridgehead atoms. The summed E-state index contributed by atoms with van der Waals surface area (Å²) in [5, 5.41) is 0. The monoisotopic (exact) mass is 347 g/mol. The minimum absolute atomic E-state index is 0.262. The maximum atomic E-state index is 14.0. The van der Waals surface area contributed by atoms with E-state index in [1.165, 1.54) is 6.07 Å². The van der Waals surface area contributed by atoms with Gasteiger partial charge in [-0.1, -0.05) is 30.3 Å². The van der Waals surface area contributed by atoms with Crippen LogP contribution in [0.15, 0.2) is 54.7 Å². The first-order valence-corrected chi connectivity index (χ1v) is 8.37. The largest absolute Gasteiger partial charge is 0.496 e. The van der Waals surface area contributed by atoms with Crippen molar-refractivity contribution in [2.45, 2.75) is 13.3 Å². The third-order valence-electron chi connectivity index (χ3n) is 4.40. The summed E-state index contributed by atoms with van der Waals surface area (Å²) in [7, 11) is 1.67. The number of rotatable bonds is 4. The number of pyridine rings is 1. The molecule has 0 fully saturated rings. The van der Waals surface area contributed by atoms with E-state index in [1.54, 1.807) is 25.4 Å². The second kappa shape index (κ2) is 6.59. The Labute approximate surface area is 150 Å². The van der Waals surface area contributed by atoms with E-state index < -0.39 is 0 Å². The van der Waals surface area contributed by atoms with Gasteiger partial charge in [-0.2, -0.15) is 0 Å². The number of halogens is 1. The number of aryl methyl sites for hydroxylation is 1. The van der Waals surface area contributed by atoms with Crippen LogP contribution in [0.1, 0.15) is 17.0 Å². The zero-order valence-corrected chi connectivity index (χ0v) is 14.6. The summed E-state index contributed by atoms with van der Waals surface area (Å²) in [5.41, 5.74) is 4.91. The van der Waals surface area contributed by atoms with Gasteiger partial charge in [0.05, 0.1) is 12.6 Å². The summed E-state index contributed by atoms with van der Waals surface area (Å²) >= 11 is 0. The summed E-state index contributed by atoms with van der Waals surface area (Å²) < 4.78 is 19.3. The van der Waals surface area contributed by atoms with E-state index in [4.69, 9.17) is 4.74 Å². The summed E-state index contributed by atoms with van der Waals surface area (Å²) in [6, 6.07) is 14.6. The van der Waals surface area contributed by atoms with Crippen LogP contribution in [0.5, 0.6) is 5.75 Å². The molecule has 2 aromatic carbocycles. The molecule has 0 aliphatic rings. The van der Waals surface area contributed by atoms with Crippen LogP contribution in [0.2, 0.25) is 0 Å². The third kappa shape index (κ3) is 3.04. The standard InChI is InChI=1S/C21H18FN3O/c1-13-9-14(7-8-19(13)26-2)10-20-24-18-11-15(12-23-21(18)25-20)16-5-3-4-6-17(16)22/h3-9,11-12H,10H2,1-2H3,(H,23,24,25). The van der Waals surface area contributed by atoms with Crippen molar-refractivity contribution in [2.75, 3.05) is 7.11 Å². The van der Waals surface area contributed by atoms with Gasteiger partial charge >= 0.3 is 0 Å². The summed E-state index contributed by atoms with van der Waals surface area (Å²) in [5.74, 6) is 1.43. The highest BCUT2D eigenvalue weighted by molar-refractivity contribution is 5.78. The molecule has 4 nitrogen and oxygen atoms in total. The fraction of sp³-hybridized carbons (Fsp3) is 0.143. The number of aromatic amines is 1. The van der Waals surface area contributed by atoms with E-state index >= 15 is 0 Å². The lowest BCUT2D eigenvalue weighted by Crippen LogP contribution is -1.93. The van der Waals surface area contributed by atoms with Crippen molar-refractivity contribution >= 4 is 11.2 Å².